The second-order valence-electron chi connectivity index (χ2n) is 4.88. The van der Waals surface area contributed by atoms with Crippen molar-refractivity contribution in [1.82, 2.24) is 0 Å². The van der Waals surface area contributed by atoms with Gasteiger partial charge in [-0.3, -0.25) is 0 Å². The predicted octanol–water partition coefficient (Wildman–Crippen LogP) is 3.57. The lowest BCUT2D eigenvalue weighted by molar-refractivity contribution is -0.147. The van der Waals surface area contributed by atoms with E-state index in [0.717, 1.165) is 0 Å². The highest BCUT2D eigenvalue weighted by Gasteiger charge is 2.54. The van der Waals surface area contributed by atoms with Crippen molar-refractivity contribution in [2.24, 2.45) is 0 Å². The van der Waals surface area contributed by atoms with Gasteiger partial charge in [0.1, 0.15) is 5.75 Å². The van der Waals surface area contributed by atoms with Crippen LogP contribution in [-0.2, 0) is 4.79 Å². The first-order chi connectivity index (χ1) is 9.16. The Bertz CT molecular complexity index is 572. The number of aryl methyl sites for hydroxylation is 1. The molecule has 0 spiro atoms. The smallest absolute Gasteiger partial charge is 0.416 e. The van der Waals surface area contributed by atoms with Gasteiger partial charge in [0.2, 0.25) is 5.60 Å². The number of carboxylic acids is 1. The van der Waals surface area contributed by atoms with E-state index in [-0.39, 0.29) is 24.2 Å². The van der Waals surface area contributed by atoms with E-state index in [1.165, 1.54) is 18.2 Å². The summed E-state index contributed by atoms with van der Waals surface area (Å²) in [5.41, 5.74) is -1.99. The van der Waals surface area contributed by atoms with Gasteiger partial charge < -0.3 is 9.84 Å². The maximum absolute atomic E-state index is 12.8. The number of ether oxygens (including phenoxy) is 1. The number of carboxylic acid groups (broad SMARTS) is 1. The lowest BCUT2D eigenvalue weighted by Crippen LogP contribution is -2.29. The van der Waals surface area contributed by atoms with Crippen LogP contribution < -0.4 is 4.74 Å². The molecule has 1 aromatic carbocycles. The van der Waals surface area contributed by atoms with E-state index in [9.17, 15) is 18.0 Å². The van der Waals surface area contributed by atoms with Crippen molar-refractivity contribution < 1.29 is 27.8 Å². The fourth-order valence-corrected chi connectivity index (χ4v) is 1.80. The second kappa shape index (κ2) is 4.54. The molecule has 6 heteroatoms. The molecule has 0 radical (unpaired) electrons. The minimum absolute atomic E-state index is 0.0905. The Morgan fingerprint density at radius 3 is 2.45 bits per heavy atom. The molecule has 0 atom stereocenters. The van der Waals surface area contributed by atoms with Crippen LogP contribution in [0.5, 0.6) is 5.75 Å². The zero-order valence-electron chi connectivity index (χ0n) is 10.8. The third-order valence-corrected chi connectivity index (χ3v) is 3.20. The number of hydrogen-bond donors (Lipinski definition) is 1. The van der Waals surface area contributed by atoms with Crippen molar-refractivity contribution in [2.75, 3.05) is 0 Å². The predicted molar refractivity (Wildman–Crippen MR) is 66.5 cm³/mol. The highest BCUT2D eigenvalue weighted by molar-refractivity contribution is 5.82. The molecule has 0 bridgehead atoms. The lowest BCUT2D eigenvalue weighted by atomic mass is 10.0. The molecule has 1 N–H and O–H groups in total. The minimum Gasteiger partial charge on any atom is -0.478 e. The monoisotopic (exact) mass is 286 g/mol. The van der Waals surface area contributed by atoms with Crippen LogP contribution in [-0.4, -0.2) is 22.9 Å². The molecule has 1 fully saturated rings. The number of carbonyl (C=O) groups is 1. The molecule has 0 saturated heterocycles. The van der Waals surface area contributed by atoms with Crippen molar-refractivity contribution >= 4 is 11.5 Å². The van der Waals surface area contributed by atoms with E-state index < -0.39 is 23.3 Å². The van der Waals surface area contributed by atoms with Crippen LogP contribution in [0, 0.1) is 6.92 Å². The molecule has 3 nitrogen and oxygen atoms in total. The van der Waals surface area contributed by atoms with Crippen molar-refractivity contribution in [2.45, 2.75) is 31.5 Å². The molecule has 1 aromatic rings. The van der Waals surface area contributed by atoms with Crippen molar-refractivity contribution in [3.8, 4) is 5.75 Å². The van der Waals surface area contributed by atoms with Crippen molar-refractivity contribution in [3.63, 3.8) is 0 Å². The number of allylic oxidation sites excluding steroid dienone is 1. The number of halogens is 3. The van der Waals surface area contributed by atoms with Crippen molar-refractivity contribution in [1.29, 1.82) is 0 Å². The summed E-state index contributed by atoms with van der Waals surface area (Å²) in [6.07, 6.45) is -4.02. The summed E-state index contributed by atoms with van der Waals surface area (Å²) in [4.78, 5) is 11.1. The first-order valence-corrected chi connectivity index (χ1v) is 5.95. The Morgan fingerprint density at radius 2 is 2.00 bits per heavy atom. The molecule has 20 heavy (non-hydrogen) atoms. The Kier molecular flexibility index (Phi) is 3.28. The Morgan fingerprint density at radius 1 is 1.40 bits per heavy atom. The molecule has 1 saturated carbocycles. The van der Waals surface area contributed by atoms with E-state index in [1.54, 1.807) is 6.92 Å². The van der Waals surface area contributed by atoms with Gasteiger partial charge in [-0.2, -0.15) is 13.2 Å². The average molecular weight is 286 g/mol. The summed E-state index contributed by atoms with van der Waals surface area (Å²) < 4.78 is 43.6. The fraction of sp³-hybridized carbons (Fsp3) is 0.357. The summed E-state index contributed by atoms with van der Waals surface area (Å²) in [7, 11) is 0. The number of alkyl halides is 3. The highest BCUT2D eigenvalue weighted by Crippen LogP contribution is 2.44. The van der Waals surface area contributed by atoms with Gasteiger partial charge in [-0.25, -0.2) is 4.79 Å². The molecule has 0 unspecified atom stereocenters. The zero-order valence-corrected chi connectivity index (χ0v) is 10.8. The molecular formula is C14H13F3O3. The van der Waals surface area contributed by atoms with Crippen LogP contribution in [0.4, 0.5) is 13.2 Å². The lowest BCUT2D eigenvalue weighted by Gasteiger charge is -2.19. The van der Waals surface area contributed by atoms with Gasteiger partial charge in [-0.1, -0.05) is 18.7 Å². The van der Waals surface area contributed by atoms with E-state index in [2.05, 4.69) is 6.58 Å². The molecule has 0 aromatic heterocycles. The van der Waals surface area contributed by atoms with Crippen LogP contribution in [0.3, 0.4) is 0 Å². The summed E-state index contributed by atoms with van der Waals surface area (Å²) in [6.45, 7) is 4.72. The van der Waals surface area contributed by atoms with Crippen LogP contribution in [0.15, 0.2) is 24.8 Å². The SMILES string of the molecule is C=C(c1ccc(C)cc1OC1(C(=O)O)CC1)C(F)(F)F. The maximum atomic E-state index is 12.8. The summed E-state index contributed by atoms with van der Waals surface area (Å²) in [6, 6.07) is 4.15. The number of benzene rings is 1. The maximum Gasteiger partial charge on any atom is 0.416 e. The molecule has 108 valence electrons. The average Bonchev–Trinajstić information content (AvgIpc) is 3.08. The van der Waals surface area contributed by atoms with E-state index in [4.69, 9.17) is 9.84 Å². The van der Waals surface area contributed by atoms with E-state index >= 15 is 0 Å². The first-order valence-electron chi connectivity index (χ1n) is 5.95. The van der Waals surface area contributed by atoms with Gasteiger partial charge >= 0.3 is 12.1 Å². The van der Waals surface area contributed by atoms with Gasteiger partial charge in [0.25, 0.3) is 0 Å². The third-order valence-electron chi connectivity index (χ3n) is 3.20. The molecule has 1 aliphatic carbocycles. The number of rotatable bonds is 4. The van der Waals surface area contributed by atoms with Gasteiger partial charge in [-0.05, 0) is 18.6 Å². The van der Waals surface area contributed by atoms with Gasteiger partial charge in [0.05, 0.1) is 5.57 Å². The van der Waals surface area contributed by atoms with Gasteiger partial charge in [0, 0.05) is 18.4 Å². The fourth-order valence-electron chi connectivity index (χ4n) is 1.80. The van der Waals surface area contributed by atoms with Crippen LogP contribution >= 0.6 is 0 Å². The van der Waals surface area contributed by atoms with Crippen LogP contribution in [0.25, 0.3) is 5.57 Å². The molecule has 1 aliphatic rings. The Hall–Kier alpha value is -1.98. The quantitative estimate of drug-likeness (QED) is 0.920. The first kappa shape index (κ1) is 14.4. The summed E-state index contributed by atoms with van der Waals surface area (Å²) >= 11 is 0. The Labute approximate surface area is 113 Å². The van der Waals surface area contributed by atoms with Crippen molar-refractivity contribution in [3.05, 3.63) is 35.9 Å². The molecule has 0 heterocycles. The Balaban J connectivity index is 2.39. The standard InChI is InChI=1S/C14H13F3O3/c1-8-3-4-10(9(2)14(15,16)17)11(7-8)20-13(5-6-13)12(18)19/h3-4,7H,2,5-6H2,1H3,(H,18,19). The molecule has 0 aliphatic heterocycles. The second-order valence-corrected chi connectivity index (χ2v) is 4.88. The number of aliphatic carboxylic acids is 1. The third kappa shape index (κ3) is 2.64. The summed E-state index contributed by atoms with van der Waals surface area (Å²) in [5.74, 6) is -1.25. The minimum atomic E-state index is -4.59. The van der Waals surface area contributed by atoms with Gasteiger partial charge in [0.15, 0.2) is 0 Å². The number of hydrogen-bond acceptors (Lipinski definition) is 2. The highest BCUT2D eigenvalue weighted by atomic mass is 19.4. The topological polar surface area (TPSA) is 46.5 Å². The molecular weight excluding hydrogens is 273 g/mol. The van der Waals surface area contributed by atoms with Gasteiger partial charge in [-0.15, -0.1) is 0 Å². The molecule has 2 rings (SSSR count). The van der Waals surface area contributed by atoms with E-state index in [0.29, 0.717) is 5.56 Å². The zero-order chi connectivity index (χ0) is 15.1. The summed E-state index contributed by atoms with van der Waals surface area (Å²) in [5, 5.41) is 9.05. The van der Waals surface area contributed by atoms with Crippen LogP contribution in [0.1, 0.15) is 24.0 Å². The van der Waals surface area contributed by atoms with Crippen LogP contribution in [0.2, 0.25) is 0 Å². The normalized spacial score (nSPS) is 16.6. The largest absolute Gasteiger partial charge is 0.478 e. The van der Waals surface area contributed by atoms with E-state index in [1.807, 2.05) is 0 Å². The molecule has 0 amide bonds.